The highest BCUT2D eigenvalue weighted by Crippen LogP contribution is 2.30. The van der Waals surface area contributed by atoms with Crippen LogP contribution in [0, 0.1) is 5.92 Å². The van der Waals surface area contributed by atoms with E-state index in [1.54, 1.807) is 6.20 Å². The normalized spacial score (nSPS) is 16.9. The number of imidazole rings is 1. The summed E-state index contributed by atoms with van der Waals surface area (Å²) in [5.74, 6) is 1.78. The van der Waals surface area contributed by atoms with Crippen molar-refractivity contribution in [2.45, 2.75) is 51.2 Å². The van der Waals surface area contributed by atoms with E-state index in [1.807, 2.05) is 30.3 Å². The first-order valence-corrected chi connectivity index (χ1v) is 13.6. The topological polar surface area (TPSA) is 104 Å². The number of nitrogens with zero attached hydrogens (tertiary/aromatic N) is 6. The number of carbonyl (C=O) groups excluding carboxylic acids is 1. The van der Waals surface area contributed by atoms with E-state index in [-0.39, 0.29) is 0 Å². The van der Waals surface area contributed by atoms with Gasteiger partial charge in [-0.25, -0.2) is 4.98 Å². The molecule has 2 aliphatic rings. The SMILES string of the molecule is O=C(CC(F)(F)F)N1CCN(Cc2ccnc(Cc3nc4ccc(-c5nnc(CC6CCC6)o5)cc4[nH]3)c2)CC1. The third-order valence-electron chi connectivity index (χ3n) is 7.65. The lowest BCUT2D eigenvalue weighted by atomic mass is 9.83. The number of aromatic amines is 1. The standard InChI is InChI=1S/C28H30F3N7O2/c29-28(30,31)16-26(39)38-10-8-37(9-11-38)17-19-6-7-32-21(12-19)15-24-33-22-5-4-20(14-23(22)34-24)27-36-35-25(40-27)13-18-2-1-3-18/h4-7,12,14,18H,1-3,8-11,13,15-17H2,(H,33,34). The largest absolute Gasteiger partial charge is 0.421 e. The molecule has 1 saturated heterocycles. The molecule has 6 rings (SSSR count). The van der Waals surface area contributed by atoms with Crippen LogP contribution in [0.25, 0.3) is 22.5 Å². The first-order valence-electron chi connectivity index (χ1n) is 13.6. The van der Waals surface area contributed by atoms with E-state index in [1.165, 1.54) is 24.2 Å². The van der Waals surface area contributed by atoms with Crippen molar-refractivity contribution in [2.75, 3.05) is 26.2 Å². The van der Waals surface area contributed by atoms with Crippen molar-refractivity contribution >= 4 is 16.9 Å². The van der Waals surface area contributed by atoms with Gasteiger partial charge in [-0.05, 0) is 54.7 Å². The summed E-state index contributed by atoms with van der Waals surface area (Å²) in [4.78, 5) is 27.9. The van der Waals surface area contributed by atoms with Gasteiger partial charge in [0.1, 0.15) is 12.2 Å². The number of benzene rings is 1. The number of aromatic nitrogens is 5. The van der Waals surface area contributed by atoms with Crippen LogP contribution in [-0.2, 0) is 24.2 Å². The second-order valence-electron chi connectivity index (χ2n) is 10.7. The fourth-order valence-corrected chi connectivity index (χ4v) is 5.27. The Morgan fingerprint density at radius 3 is 2.65 bits per heavy atom. The minimum atomic E-state index is -4.48. The lowest BCUT2D eigenvalue weighted by Gasteiger charge is -2.35. The average Bonchev–Trinajstić information content (AvgIpc) is 3.52. The molecule has 1 aromatic carbocycles. The van der Waals surface area contributed by atoms with Crippen molar-refractivity contribution in [3.63, 3.8) is 0 Å². The highest BCUT2D eigenvalue weighted by Gasteiger charge is 2.34. The predicted octanol–water partition coefficient (Wildman–Crippen LogP) is 4.54. The first kappa shape index (κ1) is 26.4. The molecular formula is C28H30F3N7O2. The fraction of sp³-hybridized carbons (Fsp3) is 0.464. The first-order chi connectivity index (χ1) is 19.3. The van der Waals surface area contributed by atoms with Gasteiger partial charge in [-0.15, -0.1) is 10.2 Å². The van der Waals surface area contributed by atoms with Gasteiger partial charge in [0.15, 0.2) is 0 Å². The third-order valence-corrected chi connectivity index (χ3v) is 7.65. The highest BCUT2D eigenvalue weighted by atomic mass is 19.4. The number of amides is 1. The van der Waals surface area contributed by atoms with Gasteiger partial charge in [0.2, 0.25) is 17.7 Å². The number of hydrogen-bond donors (Lipinski definition) is 1. The van der Waals surface area contributed by atoms with Gasteiger partial charge in [0.05, 0.1) is 11.0 Å². The molecule has 210 valence electrons. The van der Waals surface area contributed by atoms with E-state index in [0.717, 1.165) is 40.1 Å². The molecule has 1 aliphatic carbocycles. The molecule has 0 bridgehead atoms. The van der Waals surface area contributed by atoms with Crippen LogP contribution in [0.4, 0.5) is 13.2 Å². The van der Waals surface area contributed by atoms with Crippen molar-refractivity contribution in [1.82, 2.24) is 34.9 Å². The number of nitrogens with one attached hydrogen (secondary N) is 1. The van der Waals surface area contributed by atoms with Crippen molar-refractivity contribution in [2.24, 2.45) is 5.92 Å². The number of H-pyrrole nitrogens is 1. The lowest BCUT2D eigenvalue weighted by molar-refractivity contribution is -0.162. The van der Waals surface area contributed by atoms with Gasteiger partial charge in [-0.3, -0.25) is 14.7 Å². The molecule has 3 aromatic heterocycles. The summed E-state index contributed by atoms with van der Waals surface area (Å²) in [6.07, 6.45) is 0.973. The lowest BCUT2D eigenvalue weighted by Crippen LogP contribution is -2.49. The van der Waals surface area contributed by atoms with Crippen molar-refractivity contribution in [3.8, 4) is 11.5 Å². The van der Waals surface area contributed by atoms with E-state index in [9.17, 15) is 18.0 Å². The molecule has 0 unspecified atom stereocenters. The van der Waals surface area contributed by atoms with Gasteiger partial charge in [0.25, 0.3) is 0 Å². The minimum Gasteiger partial charge on any atom is -0.421 e. The minimum absolute atomic E-state index is 0.291. The average molecular weight is 554 g/mol. The van der Waals surface area contributed by atoms with Crippen LogP contribution in [0.1, 0.15) is 48.7 Å². The van der Waals surface area contributed by atoms with Gasteiger partial charge in [0, 0.05) is 63.0 Å². The van der Waals surface area contributed by atoms with Crippen LogP contribution < -0.4 is 0 Å². The van der Waals surface area contributed by atoms with Gasteiger partial charge < -0.3 is 14.3 Å². The Morgan fingerprint density at radius 1 is 1.07 bits per heavy atom. The van der Waals surface area contributed by atoms with Crippen LogP contribution in [0.3, 0.4) is 0 Å². The molecule has 4 aromatic rings. The van der Waals surface area contributed by atoms with E-state index >= 15 is 0 Å². The highest BCUT2D eigenvalue weighted by molar-refractivity contribution is 5.80. The second-order valence-corrected chi connectivity index (χ2v) is 10.7. The monoisotopic (exact) mass is 553 g/mol. The molecule has 1 saturated carbocycles. The van der Waals surface area contributed by atoms with E-state index < -0.39 is 18.5 Å². The molecule has 2 fully saturated rings. The number of hydrogen-bond acceptors (Lipinski definition) is 7. The number of rotatable bonds is 8. The molecule has 0 atom stereocenters. The Hall–Kier alpha value is -3.80. The van der Waals surface area contributed by atoms with E-state index in [4.69, 9.17) is 9.40 Å². The molecule has 12 heteroatoms. The molecule has 0 spiro atoms. The Labute approximate surface area is 228 Å². The third kappa shape index (κ3) is 6.33. The maximum absolute atomic E-state index is 12.5. The summed E-state index contributed by atoms with van der Waals surface area (Å²) in [6, 6.07) is 9.78. The quantitative estimate of drug-likeness (QED) is 0.342. The fourth-order valence-electron chi connectivity index (χ4n) is 5.27. The van der Waals surface area contributed by atoms with Crippen LogP contribution in [0.15, 0.2) is 40.9 Å². The van der Waals surface area contributed by atoms with Crippen LogP contribution >= 0.6 is 0 Å². The summed E-state index contributed by atoms with van der Waals surface area (Å²) in [7, 11) is 0. The molecule has 0 radical (unpaired) electrons. The van der Waals surface area contributed by atoms with Crippen molar-refractivity contribution < 1.29 is 22.4 Å². The molecule has 40 heavy (non-hydrogen) atoms. The maximum Gasteiger partial charge on any atom is 0.397 e. The van der Waals surface area contributed by atoms with Crippen molar-refractivity contribution in [3.05, 3.63) is 59.5 Å². The number of halogens is 3. The summed E-state index contributed by atoms with van der Waals surface area (Å²) in [5.41, 5.74) is 4.46. The van der Waals surface area contributed by atoms with Crippen molar-refractivity contribution in [1.29, 1.82) is 0 Å². The number of carbonyl (C=O) groups is 1. The predicted molar refractivity (Wildman–Crippen MR) is 140 cm³/mol. The number of fused-ring (bicyclic) bond motifs is 1. The zero-order chi connectivity index (χ0) is 27.7. The molecule has 9 nitrogen and oxygen atoms in total. The van der Waals surface area contributed by atoms with Gasteiger partial charge in [-0.1, -0.05) is 6.42 Å². The smallest absolute Gasteiger partial charge is 0.397 e. The summed E-state index contributed by atoms with van der Waals surface area (Å²) < 4.78 is 43.5. The molecule has 1 amide bonds. The Bertz CT molecular complexity index is 1490. The zero-order valence-electron chi connectivity index (χ0n) is 22.0. The molecule has 1 N–H and O–H groups in total. The summed E-state index contributed by atoms with van der Waals surface area (Å²) >= 11 is 0. The Morgan fingerprint density at radius 2 is 1.90 bits per heavy atom. The molecule has 1 aliphatic heterocycles. The Kier molecular flexibility index (Phi) is 7.26. The number of piperazine rings is 1. The molecular weight excluding hydrogens is 523 g/mol. The zero-order valence-corrected chi connectivity index (χ0v) is 22.0. The van der Waals surface area contributed by atoms with Gasteiger partial charge in [-0.2, -0.15) is 13.2 Å². The van der Waals surface area contributed by atoms with E-state index in [0.29, 0.717) is 56.8 Å². The van der Waals surface area contributed by atoms with E-state index in [2.05, 4.69) is 25.1 Å². The Balaban J connectivity index is 1.06. The number of pyridine rings is 1. The number of alkyl halides is 3. The summed E-state index contributed by atoms with van der Waals surface area (Å²) in [5, 5.41) is 8.45. The van der Waals surface area contributed by atoms with Gasteiger partial charge >= 0.3 is 6.18 Å². The van der Waals surface area contributed by atoms with Crippen LogP contribution in [0.5, 0.6) is 0 Å². The second kappa shape index (κ2) is 11.0. The maximum atomic E-state index is 12.5. The van der Waals surface area contributed by atoms with Crippen LogP contribution in [0.2, 0.25) is 0 Å². The van der Waals surface area contributed by atoms with Crippen LogP contribution in [-0.4, -0.2) is 73.2 Å². The molecule has 4 heterocycles. The summed E-state index contributed by atoms with van der Waals surface area (Å²) in [6.45, 7) is 2.26.